The number of hydrogen-bond acceptors (Lipinski definition) is 1. The summed E-state index contributed by atoms with van der Waals surface area (Å²) in [5, 5.41) is 0. The van der Waals surface area contributed by atoms with E-state index in [4.69, 9.17) is 5.73 Å². The van der Waals surface area contributed by atoms with E-state index in [0.29, 0.717) is 5.56 Å². The highest BCUT2D eigenvalue weighted by Gasteiger charge is 2.14. The summed E-state index contributed by atoms with van der Waals surface area (Å²) in [5.74, 6) is -0.138. The van der Waals surface area contributed by atoms with Gasteiger partial charge in [-0.15, -0.1) is 0 Å². The molecular weight excluding hydrogens is 177 g/mol. The van der Waals surface area contributed by atoms with Gasteiger partial charge in [0, 0.05) is 5.54 Å². The van der Waals surface area contributed by atoms with Gasteiger partial charge in [-0.3, -0.25) is 0 Å². The van der Waals surface area contributed by atoms with Gasteiger partial charge in [0.05, 0.1) is 0 Å². The molecule has 1 nitrogen and oxygen atoms in total. The van der Waals surface area contributed by atoms with Crippen LogP contribution in [-0.4, -0.2) is 5.54 Å². The number of aryl methyl sites for hydroxylation is 2. The van der Waals surface area contributed by atoms with Crippen molar-refractivity contribution in [3.05, 3.63) is 34.6 Å². The Kier molecular flexibility index (Phi) is 2.95. The molecule has 0 saturated carbocycles. The van der Waals surface area contributed by atoms with Crippen molar-refractivity contribution in [3.63, 3.8) is 0 Å². The number of hydrogen-bond donors (Lipinski definition) is 1. The first-order chi connectivity index (χ1) is 6.29. The third kappa shape index (κ3) is 2.81. The summed E-state index contributed by atoms with van der Waals surface area (Å²) in [6.07, 6.45) is 0.778. The van der Waals surface area contributed by atoms with E-state index in [1.54, 1.807) is 13.0 Å². The summed E-state index contributed by atoms with van der Waals surface area (Å²) in [7, 11) is 0. The first-order valence-corrected chi connectivity index (χ1v) is 4.84. The molecule has 2 N–H and O–H groups in total. The Labute approximate surface area is 85.1 Å². The van der Waals surface area contributed by atoms with Crippen molar-refractivity contribution < 1.29 is 4.39 Å². The van der Waals surface area contributed by atoms with Crippen molar-refractivity contribution in [1.29, 1.82) is 0 Å². The lowest BCUT2D eigenvalue weighted by molar-refractivity contribution is 0.514. The fraction of sp³-hybridized carbons (Fsp3) is 0.500. The predicted octanol–water partition coefficient (Wildman–Crippen LogP) is 2.72. The van der Waals surface area contributed by atoms with E-state index < -0.39 is 0 Å². The van der Waals surface area contributed by atoms with Crippen LogP contribution in [0.25, 0.3) is 0 Å². The van der Waals surface area contributed by atoms with Crippen LogP contribution in [0.15, 0.2) is 12.1 Å². The molecule has 0 bridgehead atoms. The quantitative estimate of drug-likeness (QED) is 0.771. The maximum Gasteiger partial charge on any atom is 0.126 e. The second-order valence-corrected chi connectivity index (χ2v) is 4.69. The van der Waals surface area contributed by atoms with E-state index >= 15 is 0 Å². The maximum absolute atomic E-state index is 13.2. The van der Waals surface area contributed by atoms with Gasteiger partial charge in [0.2, 0.25) is 0 Å². The van der Waals surface area contributed by atoms with Gasteiger partial charge in [-0.25, -0.2) is 4.39 Å². The standard InChI is InChI=1S/C12H18FN/c1-8-6-11(13)9(2)5-10(8)7-12(3,4)14/h5-6H,7,14H2,1-4H3. The number of halogens is 1. The largest absolute Gasteiger partial charge is 0.325 e. The first kappa shape index (κ1) is 11.2. The lowest BCUT2D eigenvalue weighted by atomic mass is 9.92. The van der Waals surface area contributed by atoms with Crippen molar-refractivity contribution in [2.75, 3.05) is 0 Å². The van der Waals surface area contributed by atoms with Crippen LogP contribution in [0.1, 0.15) is 30.5 Å². The van der Waals surface area contributed by atoms with Crippen LogP contribution < -0.4 is 5.73 Å². The van der Waals surface area contributed by atoms with Crippen molar-refractivity contribution in [3.8, 4) is 0 Å². The Morgan fingerprint density at radius 2 is 1.79 bits per heavy atom. The molecule has 0 atom stereocenters. The van der Waals surface area contributed by atoms with Crippen molar-refractivity contribution in [1.82, 2.24) is 0 Å². The minimum Gasteiger partial charge on any atom is -0.325 e. The Morgan fingerprint density at radius 1 is 1.21 bits per heavy atom. The van der Waals surface area contributed by atoms with Gasteiger partial charge in [0.25, 0.3) is 0 Å². The molecule has 1 rings (SSSR count). The summed E-state index contributed by atoms with van der Waals surface area (Å²) in [5.41, 5.74) is 8.49. The molecule has 0 radical (unpaired) electrons. The van der Waals surface area contributed by atoms with Crippen LogP contribution in [0.2, 0.25) is 0 Å². The molecule has 0 fully saturated rings. The summed E-state index contributed by atoms with van der Waals surface area (Å²) < 4.78 is 13.2. The number of rotatable bonds is 2. The molecule has 0 saturated heterocycles. The van der Waals surface area contributed by atoms with E-state index in [-0.39, 0.29) is 11.4 Å². The third-order valence-electron chi connectivity index (χ3n) is 2.26. The Hall–Kier alpha value is -0.890. The molecule has 0 aliphatic heterocycles. The second-order valence-electron chi connectivity index (χ2n) is 4.69. The molecule has 78 valence electrons. The summed E-state index contributed by atoms with van der Waals surface area (Å²) in [4.78, 5) is 0. The average molecular weight is 195 g/mol. The van der Waals surface area contributed by atoms with Gasteiger partial charge in [0.1, 0.15) is 5.82 Å². The van der Waals surface area contributed by atoms with Crippen LogP contribution >= 0.6 is 0 Å². The second kappa shape index (κ2) is 3.70. The third-order valence-corrected chi connectivity index (χ3v) is 2.26. The van der Waals surface area contributed by atoms with Gasteiger partial charge in [-0.2, -0.15) is 0 Å². The summed E-state index contributed by atoms with van der Waals surface area (Å²) in [6.45, 7) is 7.65. The van der Waals surface area contributed by atoms with Crippen LogP contribution in [-0.2, 0) is 6.42 Å². The van der Waals surface area contributed by atoms with Crippen LogP contribution in [0.4, 0.5) is 4.39 Å². The zero-order chi connectivity index (χ0) is 10.9. The van der Waals surface area contributed by atoms with Crippen molar-refractivity contribution >= 4 is 0 Å². The van der Waals surface area contributed by atoms with E-state index in [2.05, 4.69) is 0 Å². The van der Waals surface area contributed by atoms with Gasteiger partial charge in [-0.1, -0.05) is 6.07 Å². The molecule has 2 heteroatoms. The summed E-state index contributed by atoms with van der Waals surface area (Å²) >= 11 is 0. The van der Waals surface area contributed by atoms with Crippen LogP contribution in [0.5, 0.6) is 0 Å². The molecule has 0 spiro atoms. The zero-order valence-electron chi connectivity index (χ0n) is 9.32. The van der Waals surface area contributed by atoms with Crippen molar-refractivity contribution in [2.24, 2.45) is 5.73 Å². The SMILES string of the molecule is Cc1cc(CC(C)(C)N)c(C)cc1F. The van der Waals surface area contributed by atoms with Crippen LogP contribution in [0.3, 0.4) is 0 Å². The van der Waals surface area contributed by atoms with Crippen molar-refractivity contribution in [2.45, 2.75) is 39.7 Å². The Bertz CT molecular complexity index is 337. The molecular formula is C12H18FN. The van der Waals surface area contributed by atoms with Gasteiger partial charge < -0.3 is 5.73 Å². The predicted molar refractivity (Wildman–Crippen MR) is 57.8 cm³/mol. The first-order valence-electron chi connectivity index (χ1n) is 4.84. The Balaban J connectivity index is 3.04. The topological polar surface area (TPSA) is 26.0 Å². The lowest BCUT2D eigenvalue weighted by Gasteiger charge is -2.20. The normalized spacial score (nSPS) is 11.9. The zero-order valence-corrected chi connectivity index (χ0v) is 9.32. The van der Waals surface area contributed by atoms with Gasteiger partial charge in [0.15, 0.2) is 0 Å². The Morgan fingerprint density at radius 3 is 2.29 bits per heavy atom. The van der Waals surface area contributed by atoms with E-state index in [9.17, 15) is 4.39 Å². The maximum atomic E-state index is 13.2. The molecule has 0 unspecified atom stereocenters. The molecule has 0 aromatic heterocycles. The lowest BCUT2D eigenvalue weighted by Crippen LogP contribution is -2.34. The minimum absolute atomic E-state index is 0.138. The van der Waals surface area contributed by atoms with E-state index in [1.807, 2.05) is 26.8 Å². The molecule has 14 heavy (non-hydrogen) atoms. The smallest absolute Gasteiger partial charge is 0.126 e. The van der Waals surface area contributed by atoms with E-state index in [1.165, 1.54) is 0 Å². The number of benzene rings is 1. The summed E-state index contributed by atoms with van der Waals surface area (Å²) in [6, 6.07) is 3.47. The molecule has 1 aromatic rings. The average Bonchev–Trinajstić information content (AvgIpc) is 1.97. The molecule has 1 aromatic carbocycles. The fourth-order valence-corrected chi connectivity index (χ4v) is 1.52. The molecule has 0 aliphatic carbocycles. The van der Waals surface area contributed by atoms with Crippen LogP contribution in [0, 0.1) is 19.7 Å². The molecule has 0 heterocycles. The fourth-order valence-electron chi connectivity index (χ4n) is 1.52. The minimum atomic E-state index is -0.241. The number of nitrogens with two attached hydrogens (primary N) is 1. The molecule has 0 aliphatic rings. The van der Waals surface area contributed by atoms with E-state index in [0.717, 1.165) is 17.5 Å². The highest BCUT2D eigenvalue weighted by molar-refractivity contribution is 5.32. The highest BCUT2D eigenvalue weighted by Crippen LogP contribution is 2.18. The highest BCUT2D eigenvalue weighted by atomic mass is 19.1. The van der Waals surface area contributed by atoms with Gasteiger partial charge >= 0.3 is 0 Å². The molecule has 0 amide bonds. The van der Waals surface area contributed by atoms with Gasteiger partial charge in [-0.05, 0) is 56.9 Å². The monoisotopic (exact) mass is 195 g/mol.